The Labute approximate surface area is 98.0 Å². The Hall–Kier alpha value is -0.870. The highest BCUT2D eigenvalue weighted by Gasteiger charge is 2.01. The zero-order chi connectivity index (χ0) is 11.6. The topological polar surface area (TPSA) is 39.1 Å². The van der Waals surface area contributed by atoms with Gasteiger partial charge >= 0.3 is 0 Å². The molecule has 0 saturated carbocycles. The van der Waals surface area contributed by atoms with Gasteiger partial charge in [0, 0.05) is 32.5 Å². The number of hydrogen-bond acceptors (Lipinski definition) is 3. The van der Waals surface area contributed by atoms with Crippen LogP contribution in [-0.4, -0.2) is 29.5 Å². The quantitative estimate of drug-likeness (QED) is 0.651. The molecule has 1 aromatic rings. The van der Waals surface area contributed by atoms with Crippen LogP contribution < -0.4 is 5.32 Å². The minimum Gasteiger partial charge on any atom is -0.382 e. The van der Waals surface area contributed by atoms with Crippen molar-refractivity contribution in [2.45, 2.75) is 39.8 Å². The van der Waals surface area contributed by atoms with E-state index in [2.05, 4.69) is 28.1 Å². The zero-order valence-electron chi connectivity index (χ0n) is 10.4. The van der Waals surface area contributed by atoms with Crippen LogP contribution in [0.25, 0.3) is 0 Å². The Morgan fingerprint density at radius 1 is 1.44 bits per heavy atom. The lowest BCUT2D eigenvalue weighted by molar-refractivity contribution is 0.140. The molecule has 0 aliphatic heterocycles. The number of nitrogens with one attached hydrogen (secondary N) is 1. The van der Waals surface area contributed by atoms with Crippen molar-refractivity contribution < 1.29 is 4.74 Å². The van der Waals surface area contributed by atoms with Gasteiger partial charge in [-0.3, -0.25) is 4.68 Å². The van der Waals surface area contributed by atoms with Gasteiger partial charge in [0.15, 0.2) is 0 Å². The van der Waals surface area contributed by atoms with E-state index in [1.54, 1.807) is 0 Å². The second-order valence-electron chi connectivity index (χ2n) is 3.77. The minimum atomic E-state index is 0.796. The average Bonchev–Trinajstić information content (AvgIpc) is 2.73. The van der Waals surface area contributed by atoms with Gasteiger partial charge in [-0.25, -0.2) is 0 Å². The van der Waals surface area contributed by atoms with Gasteiger partial charge in [0.1, 0.15) is 0 Å². The van der Waals surface area contributed by atoms with Gasteiger partial charge in [0.25, 0.3) is 0 Å². The zero-order valence-corrected chi connectivity index (χ0v) is 10.4. The Morgan fingerprint density at radius 2 is 2.31 bits per heavy atom. The van der Waals surface area contributed by atoms with Crippen LogP contribution in [0.2, 0.25) is 0 Å². The third-order valence-corrected chi connectivity index (χ3v) is 2.40. The van der Waals surface area contributed by atoms with E-state index in [0.717, 1.165) is 39.3 Å². The fourth-order valence-electron chi connectivity index (χ4n) is 1.57. The fraction of sp³-hybridized carbons (Fsp3) is 0.750. The van der Waals surface area contributed by atoms with Gasteiger partial charge < -0.3 is 10.1 Å². The van der Waals surface area contributed by atoms with Crippen molar-refractivity contribution >= 4 is 0 Å². The van der Waals surface area contributed by atoms with Gasteiger partial charge in [-0.1, -0.05) is 6.92 Å². The summed E-state index contributed by atoms with van der Waals surface area (Å²) in [6.45, 7) is 8.71. The summed E-state index contributed by atoms with van der Waals surface area (Å²) >= 11 is 0. The molecule has 0 aromatic carbocycles. The van der Waals surface area contributed by atoms with E-state index in [0.29, 0.717) is 0 Å². The largest absolute Gasteiger partial charge is 0.382 e. The Morgan fingerprint density at radius 3 is 3.06 bits per heavy atom. The number of hydrogen-bond donors (Lipinski definition) is 1. The van der Waals surface area contributed by atoms with Crippen LogP contribution in [0.1, 0.15) is 32.4 Å². The molecular formula is C12H23N3O. The second-order valence-corrected chi connectivity index (χ2v) is 3.77. The van der Waals surface area contributed by atoms with Crippen molar-refractivity contribution in [3.05, 3.63) is 18.0 Å². The molecule has 1 heterocycles. The van der Waals surface area contributed by atoms with Crippen LogP contribution in [-0.2, 0) is 17.8 Å². The summed E-state index contributed by atoms with van der Waals surface area (Å²) < 4.78 is 7.37. The first kappa shape index (κ1) is 13.2. The first-order valence-corrected chi connectivity index (χ1v) is 6.17. The molecule has 0 fully saturated rings. The van der Waals surface area contributed by atoms with Crippen LogP contribution in [0.15, 0.2) is 12.3 Å². The molecule has 0 radical (unpaired) electrons. The van der Waals surface area contributed by atoms with E-state index in [9.17, 15) is 0 Å². The Balaban J connectivity index is 2.26. The highest BCUT2D eigenvalue weighted by molar-refractivity contribution is 4.99. The molecule has 0 aliphatic carbocycles. The van der Waals surface area contributed by atoms with Crippen LogP contribution in [0.4, 0.5) is 0 Å². The van der Waals surface area contributed by atoms with E-state index < -0.39 is 0 Å². The predicted molar refractivity (Wildman–Crippen MR) is 65.3 cm³/mol. The number of ether oxygens (including phenoxy) is 1. The predicted octanol–water partition coefficient (Wildman–Crippen LogP) is 1.81. The van der Waals surface area contributed by atoms with Crippen molar-refractivity contribution in [3.8, 4) is 0 Å². The standard InChI is InChI=1S/C12H23N3O/c1-3-7-13-11-12-6-8-14-15(12)9-5-10-16-4-2/h6,8,13H,3-5,7,9-11H2,1-2H3. The first-order chi connectivity index (χ1) is 7.88. The summed E-state index contributed by atoms with van der Waals surface area (Å²) in [5.74, 6) is 0. The molecule has 0 unspecified atom stereocenters. The van der Waals surface area contributed by atoms with Gasteiger partial charge in [-0.15, -0.1) is 0 Å². The van der Waals surface area contributed by atoms with Crippen LogP contribution in [0, 0.1) is 0 Å². The summed E-state index contributed by atoms with van der Waals surface area (Å²) in [6, 6.07) is 2.07. The van der Waals surface area contributed by atoms with E-state index in [1.807, 2.05) is 13.1 Å². The maximum Gasteiger partial charge on any atom is 0.0522 e. The van der Waals surface area contributed by atoms with Crippen molar-refractivity contribution in [1.29, 1.82) is 0 Å². The lowest BCUT2D eigenvalue weighted by Gasteiger charge is -2.08. The molecule has 0 atom stereocenters. The number of aromatic nitrogens is 2. The molecule has 4 heteroatoms. The molecule has 1 aromatic heterocycles. The highest BCUT2D eigenvalue weighted by Crippen LogP contribution is 2.00. The monoisotopic (exact) mass is 225 g/mol. The Bertz CT molecular complexity index is 273. The smallest absolute Gasteiger partial charge is 0.0522 e. The summed E-state index contributed by atoms with van der Waals surface area (Å²) in [7, 11) is 0. The van der Waals surface area contributed by atoms with Crippen LogP contribution >= 0.6 is 0 Å². The number of nitrogens with zero attached hydrogens (tertiary/aromatic N) is 2. The highest BCUT2D eigenvalue weighted by atomic mass is 16.5. The third-order valence-electron chi connectivity index (χ3n) is 2.40. The molecule has 0 amide bonds. The SMILES string of the molecule is CCCNCc1ccnn1CCCOCC. The van der Waals surface area contributed by atoms with Crippen molar-refractivity contribution in [1.82, 2.24) is 15.1 Å². The molecule has 92 valence electrons. The summed E-state index contributed by atoms with van der Waals surface area (Å²) in [6.07, 6.45) is 4.05. The third kappa shape index (κ3) is 4.77. The van der Waals surface area contributed by atoms with Gasteiger partial charge in [0.2, 0.25) is 0 Å². The van der Waals surface area contributed by atoms with Crippen molar-refractivity contribution in [3.63, 3.8) is 0 Å². The summed E-state index contributed by atoms with van der Waals surface area (Å²) in [5, 5.41) is 7.70. The molecule has 16 heavy (non-hydrogen) atoms. The lowest BCUT2D eigenvalue weighted by atomic mass is 10.3. The van der Waals surface area contributed by atoms with E-state index in [4.69, 9.17) is 4.74 Å². The maximum atomic E-state index is 5.31. The van der Waals surface area contributed by atoms with Gasteiger partial charge in [-0.05, 0) is 32.4 Å². The molecule has 0 aliphatic rings. The van der Waals surface area contributed by atoms with E-state index in [-0.39, 0.29) is 0 Å². The van der Waals surface area contributed by atoms with Crippen molar-refractivity contribution in [2.75, 3.05) is 19.8 Å². The molecule has 1 N–H and O–H groups in total. The first-order valence-electron chi connectivity index (χ1n) is 6.17. The van der Waals surface area contributed by atoms with Gasteiger partial charge in [-0.2, -0.15) is 5.10 Å². The molecule has 0 saturated heterocycles. The van der Waals surface area contributed by atoms with Crippen LogP contribution in [0.3, 0.4) is 0 Å². The minimum absolute atomic E-state index is 0.796. The van der Waals surface area contributed by atoms with E-state index >= 15 is 0 Å². The molecule has 0 spiro atoms. The van der Waals surface area contributed by atoms with Crippen molar-refractivity contribution in [2.24, 2.45) is 0 Å². The summed E-state index contributed by atoms with van der Waals surface area (Å²) in [5.41, 5.74) is 1.25. The molecule has 1 rings (SSSR count). The molecule has 0 bridgehead atoms. The second kappa shape index (κ2) is 8.30. The number of aryl methyl sites for hydroxylation is 1. The Kier molecular flexibility index (Phi) is 6.85. The van der Waals surface area contributed by atoms with Gasteiger partial charge in [0.05, 0.1) is 5.69 Å². The number of rotatable bonds is 9. The summed E-state index contributed by atoms with van der Waals surface area (Å²) in [4.78, 5) is 0. The fourth-order valence-corrected chi connectivity index (χ4v) is 1.57. The average molecular weight is 225 g/mol. The maximum absolute atomic E-state index is 5.31. The lowest BCUT2D eigenvalue weighted by Crippen LogP contribution is -2.17. The normalized spacial score (nSPS) is 10.9. The molecule has 4 nitrogen and oxygen atoms in total. The molecular weight excluding hydrogens is 202 g/mol. The van der Waals surface area contributed by atoms with Crippen LogP contribution in [0.5, 0.6) is 0 Å². The van der Waals surface area contributed by atoms with E-state index in [1.165, 1.54) is 12.1 Å².